The number of carbonyl (C=O) groups is 1. The summed E-state index contributed by atoms with van der Waals surface area (Å²) in [6, 6.07) is -1.16. The second-order valence-electron chi connectivity index (χ2n) is 12.6. The number of rotatable bonds is 27. The highest BCUT2D eigenvalue weighted by Crippen LogP contribution is 2.23. The van der Waals surface area contributed by atoms with Gasteiger partial charge in [0.2, 0.25) is 5.91 Å². The lowest BCUT2D eigenvalue weighted by Gasteiger charge is -2.40. The van der Waals surface area contributed by atoms with Crippen LogP contribution >= 0.6 is 0 Å². The molecular weight excluding hydrogens is 594 g/mol. The predicted octanol–water partition coefficient (Wildman–Crippen LogP) is 3.15. The quantitative estimate of drug-likeness (QED) is 0.0481. The maximum atomic E-state index is 12.8. The molecule has 0 radical (unpaired) electrons. The highest BCUT2D eigenvalue weighted by Gasteiger charge is 2.44. The molecule has 9 unspecified atom stereocenters. The summed E-state index contributed by atoms with van der Waals surface area (Å²) in [5.41, 5.74) is 0. The van der Waals surface area contributed by atoms with Gasteiger partial charge in [-0.1, -0.05) is 102 Å². The summed E-state index contributed by atoms with van der Waals surface area (Å²) in [6.07, 6.45) is 13.5. The number of aliphatic hydroxyl groups is 7. The van der Waals surface area contributed by atoms with Crippen molar-refractivity contribution in [2.45, 2.75) is 178 Å². The molecule has 0 aromatic carbocycles. The Balaban J connectivity index is 2.45. The fourth-order valence-corrected chi connectivity index (χ4v) is 5.41. The Morgan fingerprint density at radius 1 is 0.761 bits per heavy atom. The molecule has 270 valence electrons. The van der Waals surface area contributed by atoms with Crippen molar-refractivity contribution in [1.29, 1.82) is 0 Å². The predicted molar refractivity (Wildman–Crippen MR) is 178 cm³/mol. The van der Waals surface area contributed by atoms with Crippen molar-refractivity contribution < 1.29 is 50.0 Å². The molecule has 1 aliphatic rings. The van der Waals surface area contributed by atoms with Gasteiger partial charge >= 0.3 is 0 Å². The monoisotopic (exact) mass is 659 g/mol. The normalized spacial score (nSPS) is 24.8. The molecule has 0 spiro atoms. The first-order chi connectivity index (χ1) is 22.2. The Morgan fingerprint density at radius 2 is 1.33 bits per heavy atom. The molecule has 0 aromatic rings. The molecule has 46 heavy (non-hydrogen) atoms. The molecule has 8 N–H and O–H groups in total. The minimum atomic E-state index is -1.66. The first-order valence-corrected chi connectivity index (χ1v) is 17.7. The van der Waals surface area contributed by atoms with Crippen LogP contribution in [0.2, 0.25) is 0 Å². The summed E-state index contributed by atoms with van der Waals surface area (Å²) in [4.78, 5) is 12.8. The van der Waals surface area contributed by atoms with E-state index in [0.29, 0.717) is 12.8 Å². The average Bonchev–Trinajstić information content (AvgIpc) is 3.05. The molecule has 1 heterocycles. The number of allylic oxidation sites excluding steroid dienone is 4. The Bertz CT molecular complexity index is 810. The third-order valence-corrected chi connectivity index (χ3v) is 8.51. The number of aliphatic hydroxyl groups excluding tert-OH is 7. The molecule has 0 bridgehead atoms. The maximum absolute atomic E-state index is 12.8. The van der Waals surface area contributed by atoms with E-state index >= 15 is 0 Å². The second kappa shape index (κ2) is 26.5. The zero-order chi connectivity index (χ0) is 34.2. The number of amides is 1. The molecule has 0 aliphatic carbocycles. The lowest BCUT2D eigenvalue weighted by molar-refractivity contribution is -0.303. The van der Waals surface area contributed by atoms with Gasteiger partial charge in [-0.3, -0.25) is 4.79 Å². The molecule has 0 saturated carbocycles. The van der Waals surface area contributed by atoms with E-state index in [1.54, 1.807) is 0 Å². The standard InChI is InChI=1S/C35H65NO10/c1-3-5-7-8-9-10-11-12-13-14-15-16-17-18-19-21-23-28(39)34(44)36-26(30(40)27(38)22-20-6-4-2)25-45-35-33(43)32(42)31(41)29(24-37)46-35/h9-10,12-13,26-33,35,37-43H,3-8,11,14-25H2,1-2H3,(H,36,44)/b10-9-,13-12-. The van der Waals surface area contributed by atoms with E-state index in [9.17, 15) is 40.5 Å². The summed E-state index contributed by atoms with van der Waals surface area (Å²) >= 11 is 0. The van der Waals surface area contributed by atoms with E-state index in [-0.39, 0.29) is 12.8 Å². The van der Waals surface area contributed by atoms with Crippen molar-refractivity contribution in [3.05, 3.63) is 24.3 Å². The van der Waals surface area contributed by atoms with E-state index in [1.165, 1.54) is 25.7 Å². The smallest absolute Gasteiger partial charge is 0.249 e. The SMILES string of the molecule is CCCCC/C=C\C/C=C\CCCCCCCCC(O)C(=O)NC(COC1OC(CO)C(O)C(O)C1O)C(O)C(O)CCCCC. The third kappa shape index (κ3) is 17.7. The van der Waals surface area contributed by atoms with Crippen LogP contribution in [0, 0.1) is 0 Å². The van der Waals surface area contributed by atoms with Gasteiger partial charge in [0.1, 0.15) is 36.6 Å². The van der Waals surface area contributed by atoms with Crippen LogP contribution < -0.4 is 5.32 Å². The molecule has 11 heteroatoms. The lowest BCUT2D eigenvalue weighted by atomic mass is 9.98. The van der Waals surface area contributed by atoms with Crippen molar-refractivity contribution >= 4 is 5.91 Å². The zero-order valence-corrected chi connectivity index (χ0v) is 28.3. The number of carbonyl (C=O) groups excluding carboxylic acids is 1. The zero-order valence-electron chi connectivity index (χ0n) is 28.3. The first-order valence-electron chi connectivity index (χ1n) is 17.7. The van der Waals surface area contributed by atoms with Crippen LogP contribution in [-0.2, 0) is 14.3 Å². The van der Waals surface area contributed by atoms with Crippen molar-refractivity contribution in [2.75, 3.05) is 13.2 Å². The average molecular weight is 660 g/mol. The van der Waals surface area contributed by atoms with Crippen LogP contribution in [0.1, 0.15) is 123 Å². The topological polar surface area (TPSA) is 189 Å². The number of unbranched alkanes of at least 4 members (excludes halogenated alkanes) is 11. The van der Waals surface area contributed by atoms with E-state index in [2.05, 4.69) is 36.5 Å². The van der Waals surface area contributed by atoms with Crippen LogP contribution in [-0.4, -0.2) is 110 Å². The molecule has 1 aliphatic heterocycles. The van der Waals surface area contributed by atoms with E-state index in [1.807, 2.05) is 6.92 Å². The molecule has 1 saturated heterocycles. The maximum Gasteiger partial charge on any atom is 0.249 e. The minimum absolute atomic E-state index is 0.246. The first kappa shape index (κ1) is 42.6. The van der Waals surface area contributed by atoms with Gasteiger partial charge in [0.05, 0.1) is 25.4 Å². The molecule has 1 amide bonds. The van der Waals surface area contributed by atoms with Crippen LogP contribution in [0.25, 0.3) is 0 Å². The van der Waals surface area contributed by atoms with Gasteiger partial charge in [0.25, 0.3) is 0 Å². The van der Waals surface area contributed by atoms with Crippen LogP contribution in [0.3, 0.4) is 0 Å². The van der Waals surface area contributed by atoms with Gasteiger partial charge in [-0.25, -0.2) is 0 Å². The summed E-state index contributed by atoms with van der Waals surface area (Å²) < 4.78 is 10.9. The van der Waals surface area contributed by atoms with Gasteiger partial charge in [0.15, 0.2) is 6.29 Å². The highest BCUT2D eigenvalue weighted by atomic mass is 16.7. The summed E-state index contributed by atoms with van der Waals surface area (Å²) in [5, 5.41) is 74.2. The van der Waals surface area contributed by atoms with Gasteiger partial charge in [-0.15, -0.1) is 0 Å². The van der Waals surface area contributed by atoms with E-state index in [4.69, 9.17) is 9.47 Å². The highest BCUT2D eigenvalue weighted by molar-refractivity contribution is 5.80. The molecule has 11 nitrogen and oxygen atoms in total. The number of hydrogen-bond donors (Lipinski definition) is 8. The van der Waals surface area contributed by atoms with E-state index < -0.39 is 74.2 Å². The number of hydrogen-bond acceptors (Lipinski definition) is 10. The van der Waals surface area contributed by atoms with Gasteiger partial charge < -0.3 is 50.5 Å². The number of ether oxygens (including phenoxy) is 2. The third-order valence-electron chi connectivity index (χ3n) is 8.51. The molecule has 1 rings (SSSR count). The van der Waals surface area contributed by atoms with Gasteiger partial charge in [-0.2, -0.15) is 0 Å². The molecule has 0 aromatic heterocycles. The Morgan fingerprint density at radius 3 is 1.96 bits per heavy atom. The molecule has 9 atom stereocenters. The van der Waals surface area contributed by atoms with Crippen molar-refractivity contribution in [1.82, 2.24) is 5.32 Å². The summed E-state index contributed by atoms with van der Waals surface area (Å²) in [6.45, 7) is 3.16. The summed E-state index contributed by atoms with van der Waals surface area (Å²) in [7, 11) is 0. The van der Waals surface area contributed by atoms with Crippen molar-refractivity contribution in [3.63, 3.8) is 0 Å². The van der Waals surface area contributed by atoms with Crippen molar-refractivity contribution in [3.8, 4) is 0 Å². The molecular formula is C35H65NO10. The number of nitrogens with one attached hydrogen (secondary N) is 1. The Kier molecular flexibility index (Phi) is 24.6. The minimum Gasteiger partial charge on any atom is -0.394 e. The molecule has 1 fully saturated rings. The van der Waals surface area contributed by atoms with Crippen LogP contribution in [0.4, 0.5) is 0 Å². The Hall–Kier alpha value is -1.41. The van der Waals surface area contributed by atoms with Crippen LogP contribution in [0.5, 0.6) is 0 Å². The van der Waals surface area contributed by atoms with Crippen LogP contribution in [0.15, 0.2) is 24.3 Å². The fraction of sp³-hybridized carbons (Fsp3) is 0.857. The van der Waals surface area contributed by atoms with E-state index in [0.717, 1.165) is 57.8 Å². The summed E-state index contributed by atoms with van der Waals surface area (Å²) in [5.74, 6) is -0.718. The fourth-order valence-electron chi connectivity index (χ4n) is 5.41. The van der Waals surface area contributed by atoms with Crippen molar-refractivity contribution in [2.24, 2.45) is 0 Å². The Labute approximate surface area is 276 Å². The lowest BCUT2D eigenvalue weighted by Crippen LogP contribution is -2.60. The van der Waals surface area contributed by atoms with Gasteiger partial charge in [0, 0.05) is 0 Å². The second-order valence-corrected chi connectivity index (χ2v) is 12.6. The van der Waals surface area contributed by atoms with Gasteiger partial charge in [-0.05, 0) is 44.9 Å². The largest absolute Gasteiger partial charge is 0.394 e.